The molecule has 0 heterocycles. The molecule has 2 aromatic rings. The molecule has 1 atom stereocenters. The second-order valence-corrected chi connectivity index (χ2v) is 6.43. The standard InChI is InChI=1S/C15H15Cl2FN2S/c16-14-6-1-3-10(15(14)17)7-12(20-19)9-21-13-5-2-4-11(18)8-13/h1-6,8,12,20H,7,9,19H2. The fraction of sp³-hybridized carbons (Fsp3) is 0.200. The van der Waals surface area contributed by atoms with Gasteiger partial charge >= 0.3 is 0 Å². The van der Waals surface area contributed by atoms with E-state index in [0.29, 0.717) is 22.2 Å². The van der Waals surface area contributed by atoms with Gasteiger partial charge in [0.05, 0.1) is 10.0 Å². The van der Waals surface area contributed by atoms with Crippen LogP contribution in [0.15, 0.2) is 47.4 Å². The van der Waals surface area contributed by atoms with E-state index >= 15 is 0 Å². The maximum absolute atomic E-state index is 13.1. The first-order valence-corrected chi connectivity index (χ1v) is 8.11. The molecule has 0 amide bonds. The zero-order chi connectivity index (χ0) is 15.2. The summed E-state index contributed by atoms with van der Waals surface area (Å²) in [5.74, 6) is 6.05. The van der Waals surface area contributed by atoms with Crippen LogP contribution in [0.4, 0.5) is 4.39 Å². The van der Waals surface area contributed by atoms with Gasteiger partial charge < -0.3 is 0 Å². The zero-order valence-corrected chi connectivity index (χ0v) is 13.5. The SMILES string of the molecule is NNC(CSc1cccc(F)c1)Cc1cccc(Cl)c1Cl. The number of hydrogen-bond donors (Lipinski definition) is 2. The fourth-order valence-corrected chi connectivity index (χ4v) is 3.27. The van der Waals surface area contributed by atoms with Crippen LogP contribution in [0.3, 0.4) is 0 Å². The maximum atomic E-state index is 13.1. The van der Waals surface area contributed by atoms with Gasteiger partial charge in [0.2, 0.25) is 0 Å². The second-order valence-electron chi connectivity index (χ2n) is 4.55. The number of hydrogen-bond acceptors (Lipinski definition) is 3. The van der Waals surface area contributed by atoms with Crippen LogP contribution in [0, 0.1) is 5.82 Å². The highest BCUT2D eigenvalue weighted by molar-refractivity contribution is 7.99. The van der Waals surface area contributed by atoms with E-state index in [-0.39, 0.29) is 11.9 Å². The van der Waals surface area contributed by atoms with Crippen LogP contribution in [0.5, 0.6) is 0 Å². The summed E-state index contributed by atoms with van der Waals surface area (Å²) in [4.78, 5) is 0.868. The third kappa shape index (κ3) is 4.87. The van der Waals surface area contributed by atoms with Crippen LogP contribution in [0.25, 0.3) is 0 Å². The van der Waals surface area contributed by atoms with Gasteiger partial charge in [-0.3, -0.25) is 11.3 Å². The van der Waals surface area contributed by atoms with Gasteiger partial charge in [0.15, 0.2) is 0 Å². The molecule has 0 aliphatic carbocycles. The Hall–Kier alpha value is -0.780. The Kier molecular flexibility index (Phi) is 6.33. The van der Waals surface area contributed by atoms with Crippen LogP contribution in [0.2, 0.25) is 10.0 Å². The summed E-state index contributed by atoms with van der Waals surface area (Å²) in [5.41, 5.74) is 3.70. The third-order valence-electron chi connectivity index (χ3n) is 2.98. The molecule has 0 aliphatic heterocycles. The van der Waals surface area contributed by atoms with Gasteiger partial charge in [-0.25, -0.2) is 4.39 Å². The lowest BCUT2D eigenvalue weighted by Gasteiger charge is -2.16. The van der Waals surface area contributed by atoms with Crippen molar-refractivity contribution in [2.75, 3.05) is 5.75 Å². The van der Waals surface area contributed by atoms with E-state index in [1.165, 1.54) is 23.9 Å². The predicted molar refractivity (Wildman–Crippen MR) is 88.4 cm³/mol. The molecule has 1 unspecified atom stereocenters. The Bertz CT molecular complexity index is 610. The lowest BCUT2D eigenvalue weighted by Crippen LogP contribution is -2.38. The molecule has 0 aliphatic rings. The molecule has 0 bridgehead atoms. The summed E-state index contributed by atoms with van der Waals surface area (Å²) in [6, 6.07) is 12.0. The quantitative estimate of drug-likeness (QED) is 0.466. The van der Waals surface area contributed by atoms with E-state index in [9.17, 15) is 4.39 Å². The minimum Gasteiger partial charge on any atom is -0.271 e. The van der Waals surface area contributed by atoms with Crippen LogP contribution in [0.1, 0.15) is 5.56 Å². The molecule has 0 radical (unpaired) electrons. The minimum absolute atomic E-state index is 0.00855. The highest BCUT2D eigenvalue weighted by Crippen LogP contribution is 2.27. The molecule has 21 heavy (non-hydrogen) atoms. The minimum atomic E-state index is -0.241. The van der Waals surface area contributed by atoms with Crippen molar-refractivity contribution in [2.45, 2.75) is 17.4 Å². The number of rotatable bonds is 6. The summed E-state index contributed by atoms with van der Waals surface area (Å²) in [6.07, 6.45) is 0.651. The van der Waals surface area contributed by atoms with Crippen LogP contribution in [-0.4, -0.2) is 11.8 Å². The van der Waals surface area contributed by atoms with Crippen molar-refractivity contribution in [1.82, 2.24) is 5.43 Å². The number of benzene rings is 2. The number of nitrogens with two attached hydrogens (primary N) is 1. The number of nitrogens with one attached hydrogen (secondary N) is 1. The molecule has 6 heteroatoms. The average molecular weight is 345 g/mol. The maximum Gasteiger partial charge on any atom is 0.124 e. The van der Waals surface area contributed by atoms with Crippen molar-refractivity contribution in [3.05, 3.63) is 63.9 Å². The molecule has 0 aromatic heterocycles. The zero-order valence-electron chi connectivity index (χ0n) is 11.2. The topological polar surface area (TPSA) is 38.0 Å². The molecule has 2 nitrogen and oxygen atoms in total. The average Bonchev–Trinajstić information content (AvgIpc) is 2.48. The normalized spacial score (nSPS) is 12.4. The molecule has 112 valence electrons. The van der Waals surface area contributed by atoms with E-state index in [1.54, 1.807) is 12.1 Å². The fourth-order valence-electron chi connectivity index (χ4n) is 1.89. The van der Waals surface area contributed by atoms with Crippen molar-refractivity contribution in [3.8, 4) is 0 Å². The third-order valence-corrected chi connectivity index (χ3v) is 5.00. The largest absolute Gasteiger partial charge is 0.271 e. The molecule has 0 saturated carbocycles. The van der Waals surface area contributed by atoms with Crippen molar-refractivity contribution < 1.29 is 4.39 Å². The predicted octanol–water partition coefficient (Wildman–Crippen LogP) is 4.30. The molecule has 3 N–H and O–H groups in total. The van der Waals surface area contributed by atoms with Crippen molar-refractivity contribution >= 4 is 35.0 Å². The van der Waals surface area contributed by atoms with E-state index in [2.05, 4.69) is 5.43 Å². The van der Waals surface area contributed by atoms with Gasteiger partial charge in [0.25, 0.3) is 0 Å². The summed E-state index contributed by atoms with van der Waals surface area (Å²) in [7, 11) is 0. The highest BCUT2D eigenvalue weighted by Gasteiger charge is 2.12. The van der Waals surface area contributed by atoms with E-state index in [4.69, 9.17) is 29.0 Å². The second kappa shape index (κ2) is 8.01. The van der Waals surface area contributed by atoms with Crippen LogP contribution >= 0.6 is 35.0 Å². The van der Waals surface area contributed by atoms with Crippen LogP contribution < -0.4 is 11.3 Å². The van der Waals surface area contributed by atoms with Gasteiger partial charge in [-0.2, -0.15) is 0 Å². The van der Waals surface area contributed by atoms with Crippen molar-refractivity contribution in [3.63, 3.8) is 0 Å². The lowest BCUT2D eigenvalue weighted by molar-refractivity contribution is 0.575. The molecule has 2 aromatic carbocycles. The summed E-state index contributed by atoms with van der Waals surface area (Å²) in [6.45, 7) is 0. The Morgan fingerprint density at radius 3 is 2.67 bits per heavy atom. The van der Waals surface area contributed by atoms with Gasteiger partial charge in [0, 0.05) is 16.7 Å². The van der Waals surface area contributed by atoms with Gasteiger partial charge in [-0.05, 0) is 36.2 Å². The van der Waals surface area contributed by atoms with E-state index in [0.717, 1.165) is 10.5 Å². The first-order chi connectivity index (χ1) is 10.1. The first-order valence-electron chi connectivity index (χ1n) is 6.37. The molecule has 0 spiro atoms. The molecular formula is C15H15Cl2FN2S. The summed E-state index contributed by atoms with van der Waals surface area (Å²) in [5, 5.41) is 1.08. The smallest absolute Gasteiger partial charge is 0.124 e. The van der Waals surface area contributed by atoms with E-state index in [1.807, 2.05) is 18.2 Å². The van der Waals surface area contributed by atoms with Crippen molar-refractivity contribution in [1.29, 1.82) is 0 Å². The summed E-state index contributed by atoms with van der Waals surface area (Å²) >= 11 is 13.7. The number of hydrazine groups is 1. The van der Waals surface area contributed by atoms with Gasteiger partial charge in [-0.1, -0.05) is 41.4 Å². The molecule has 0 fully saturated rings. The Morgan fingerprint density at radius 2 is 1.95 bits per heavy atom. The molecular weight excluding hydrogens is 330 g/mol. The number of halogens is 3. The van der Waals surface area contributed by atoms with Gasteiger partial charge in [0.1, 0.15) is 5.82 Å². The molecule has 0 saturated heterocycles. The van der Waals surface area contributed by atoms with Gasteiger partial charge in [-0.15, -0.1) is 11.8 Å². The first kappa shape index (κ1) is 16.6. The van der Waals surface area contributed by atoms with E-state index < -0.39 is 0 Å². The van der Waals surface area contributed by atoms with Crippen LogP contribution in [-0.2, 0) is 6.42 Å². The Morgan fingerprint density at radius 1 is 1.19 bits per heavy atom. The number of thioether (sulfide) groups is 1. The lowest BCUT2D eigenvalue weighted by atomic mass is 10.1. The summed E-state index contributed by atoms with van der Waals surface area (Å²) < 4.78 is 13.1. The molecule has 2 rings (SSSR count). The monoisotopic (exact) mass is 344 g/mol. The van der Waals surface area contributed by atoms with Crippen molar-refractivity contribution in [2.24, 2.45) is 5.84 Å². The Balaban J connectivity index is 1.99. The highest BCUT2D eigenvalue weighted by atomic mass is 35.5. The Labute approximate surface area is 137 Å².